The number of rotatable bonds is 5. The Morgan fingerprint density at radius 1 is 1.21 bits per heavy atom. The van der Waals surface area contributed by atoms with Crippen molar-refractivity contribution in [1.29, 1.82) is 0 Å². The largest absolute Gasteiger partial charge is 0.497 e. The maximum absolute atomic E-state index is 13.6. The van der Waals surface area contributed by atoms with Gasteiger partial charge in [-0.15, -0.1) is 0 Å². The molecule has 1 aliphatic carbocycles. The van der Waals surface area contributed by atoms with Crippen LogP contribution in [0.25, 0.3) is 0 Å². The zero-order chi connectivity index (χ0) is 24.4. The Morgan fingerprint density at radius 2 is 1.85 bits per heavy atom. The number of nitrogens with zero attached hydrogens (tertiary/aromatic N) is 1. The van der Waals surface area contributed by atoms with Crippen LogP contribution in [0, 0.1) is 0 Å². The van der Waals surface area contributed by atoms with Crippen LogP contribution in [0.5, 0.6) is 11.5 Å². The van der Waals surface area contributed by atoms with E-state index in [2.05, 4.69) is 0 Å². The van der Waals surface area contributed by atoms with Gasteiger partial charge in [0.15, 0.2) is 5.83 Å². The average molecular weight is 467 g/mol. The maximum Gasteiger partial charge on any atom is 0.429 e. The molecule has 0 aromatic heterocycles. The molecule has 2 aliphatic rings. The van der Waals surface area contributed by atoms with Gasteiger partial charge in [-0.25, -0.2) is 0 Å². The van der Waals surface area contributed by atoms with Crippen molar-refractivity contribution >= 4 is 5.91 Å². The van der Waals surface area contributed by atoms with Gasteiger partial charge in [-0.3, -0.25) is 4.79 Å². The van der Waals surface area contributed by atoms with Crippen molar-refractivity contribution in [1.82, 2.24) is 4.90 Å². The van der Waals surface area contributed by atoms with Crippen LogP contribution >= 0.6 is 0 Å². The molecule has 3 rings (SSSR count). The molecule has 0 saturated carbocycles. The van der Waals surface area contributed by atoms with E-state index in [9.17, 15) is 27.5 Å². The lowest BCUT2D eigenvalue weighted by Gasteiger charge is -2.33. The van der Waals surface area contributed by atoms with E-state index in [-0.39, 0.29) is 12.3 Å². The summed E-state index contributed by atoms with van der Waals surface area (Å²) in [6, 6.07) is 5.10. The van der Waals surface area contributed by atoms with E-state index in [4.69, 9.17) is 9.47 Å². The summed E-state index contributed by atoms with van der Waals surface area (Å²) in [7, 11) is 3.00. The fourth-order valence-electron chi connectivity index (χ4n) is 3.94. The van der Waals surface area contributed by atoms with Gasteiger partial charge in [0, 0.05) is 23.9 Å². The maximum atomic E-state index is 13.6. The van der Waals surface area contributed by atoms with Gasteiger partial charge in [-0.05, 0) is 55.5 Å². The number of carbonyl (C=O) groups excluding carboxylic acids is 1. The number of alkyl halides is 3. The Morgan fingerprint density at radius 3 is 2.36 bits per heavy atom. The predicted octanol–water partition coefficient (Wildman–Crippen LogP) is 4.77. The third kappa shape index (κ3) is 4.70. The zero-order valence-electron chi connectivity index (χ0n) is 18.6. The highest BCUT2D eigenvalue weighted by Gasteiger charge is 2.63. The number of hydrogen-bond acceptors (Lipinski definition) is 4. The minimum absolute atomic E-state index is 0.0158. The minimum Gasteiger partial charge on any atom is -0.497 e. The van der Waals surface area contributed by atoms with Gasteiger partial charge < -0.3 is 19.5 Å². The number of benzene rings is 1. The number of allylic oxidation sites excluding steroid dienone is 2. The Balaban J connectivity index is 1.91. The van der Waals surface area contributed by atoms with Crippen molar-refractivity contribution in [3.8, 4) is 11.5 Å². The highest BCUT2D eigenvalue weighted by Crippen LogP contribution is 2.48. The molecule has 1 aromatic rings. The molecule has 1 atom stereocenters. The molecular weight excluding hydrogens is 442 g/mol. The lowest BCUT2D eigenvalue weighted by molar-refractivity contribution is -0.237. The van der Waals surface area contributed by atoms with Crippen molar-refractivity contribution in [3.05, 3.63) is 64.3 Å². The Bertz CT molecular complexity index is 1040. The molecule has 1 N–H and O–H groups in total. The van der Waals surface area contributed by atoms with Crippen LogP contribution in [-0.4, -0.2) is 48.5 Å². The number of amides is 1. The molecule has 1 aromatic carbocycles. The van der Waals surface area contributed by atoms with E-state index in [1.807, 2.05) is 5.73 Å². The quantitative estimate of drug-likeness (QED) is 0.501. The van der Waals surface area contributed by atoms with E-state index < -0.39 is 23.2 Å². The third-order valence-electron chi connectivity index (χ3n) is 5.72. The van der Waals surface area contributed by atoms with Crippen molar-refractivity contribution in [2.45, 2.75) is 44.4 Å². The molecule has 1 unspecified atom stereocenters. The van der Waals surface area contributed by atoms with Gasteiger partial charge >= 0.3 is 6.18 Å². The predicted molar refractivity (Wildman–Crippen MR) is 113 cm³/mol. The topological polar surface area (TPSA) is 59.0 Å². The van der Waals surface area contributed by atoms with Crippen LogP contribution in [0.2, 0.25) is 0 Å². The standard InChI is InChI=1S/C24H25F4NO4/c1-4-20-16(12-17-13-21(25)23(17,31)24(26,27)28)7-5-6-8-29(20)22(30)11-15-9-18(32-2)14-19(10-15)33-3/h4,9-10,12,14,31H,5-8,11H2,1-3H3/b16-12-,20-4?. The van der Waals surface area contributed by atoms with Crippen molar-refractivity contribution in [3.63, 3.8) is 0 Å². The van der Waals surface area contributed by atoms with E-state index in [0.29, 0.717) is 54.1 Å². The van der Waals surface area contributed by atoms with Crippen LogP contribution in [0.4, 0.5) is 17.6 Å². The van der Waals surface area contributed by atoms with Crippen molar-refractivity contribution in [2.75, 3.05) is 20.8 Å². The van der Waals surface area contributed by atoms with Gasteiger partial charge in [0.05, 0.1) is 20.6 Å². The number of likely N-dealkylation sites (tertiary alicyclic amines) is 1. The third-order valence-corrected chi connectivity index (χ3v) is 5.72. The van der Waals surface area contributed by atoms with Gasteiger partial charge in [-0.1, -0.05) is 11.8 Å². The first kappa shape index (κ1) is 24.6. The van der Waals surface area contributed by atoms with Gasteiger partial charge in [-0.2, -0.15) is 17.6 Å². The molecule has 5 nitrogen and oxygen atoms in total. The second kappa shape index (κ2) is 9.45. The molecule has 1 heterocycles. The Kier molecular flexibility index (Phi) is 7.05. The summed E-state index contributed by atoms with van der Waals surface area (Å²) in [4.78, 5) is 14.7. The molecule has 1 fully saturated rings. The van der Waals surface area contributed by atoms with Gasteiger partial charge in [0.1, 0.15) is 11.5 Å². The fraction of sp³-hybridized carbons (Fsp3) is 0.417. The molecule has 0 spiro atoms. The van der Waals surface area contributed by atoms with Crippen LogP contribution < -0.4 is 9.47 Å². The summed E-state index contributed by atoms with van der Waals surface area (Å²) < 4.78 is 63.9. The smallest absolute Gasteiger partial charge is 0.429 e. The Hall–Kier alpha value is -3.03. The molecule has 33 heavy (non-hydrogen) atoms. The first-order chi connectivity index (χ1) is 15.5. The highest BCUT2D eigenvalue weighted by atomic mass is 19.4. The summed E-state index contributed by atoms with van der Waals surface area (Å²) in [5.74, 6) is -0.979. The zero-order valence-corrected chi connectivity index (χ0v) is 18.6. The highest BCUT2D eigenvalue weighted by molar-refractivity contribution is 5.82. The molecular formula is C24H25F4NO4. The second-order valence-electron chi connectivity index (χ2n) is 7.80. The monoisotopic (exact) mass is 467 g/mol. The van der Waals surface area contributed by atoms with Crippen LogP contribution in [0.15, 0.2) is 58.8 Å². The first-order valence-electron chi connectivity index (χ1n) is 10.4. The van der Waals surface area contributed by atoms with Crippen LogP contribution in [0.1, 0.15) is 31.7 Å². The molecule has 0 radical (unpaired) electrons. The van der Waals surface area contributed by atoms with Gasteiger partial charge in [0.25, 0.3) is 5.60 Å². The van der Waals surface area contributed by atoms with Gasteiger partial charge in [0.2, 0.25) is 5.91 Å². The SMILES string of the molecule is CC=C1/C(=C\C2=C=C(F)C2(O)C(F)(F)F)CCCCN1C(=O)Cc1cc(OC)cc(OC)c1. The van der Waals surface area contributed by atoms with E-state index in [1.54, 1.807) is 31.2 Å². The van der Waals surface area contributed by atoms with E-state index in [0.717, 1.165) is 6.08 Å². The fourth-order valence-corrected chi connectivity index (χ4v) is 3.94. The van der Waals surface area contributed by atoms with Crippen molar-refractivity contribution < 1.29 is 36.9 Å². The lowest BCUT2D eigenvalue weighted by atomic mass is 9.82. The first-order valence-corrected chi connectivity index (χ1v) is 10.4. The molecule has 178 valence electrons. The second-order valence-corrected chi connectivity index (χ2v) is 7.80. The number of hydrogen-bond donors (Lipinski definition) is 1. The number of ether oxygens (including phenoxy) is 2. The van der Waals surface area contributed by atoms with Crippen LogP contribution in [-0.2, 0) is 11.2 Å². The minimum atomic E-state index is -5.21. The molecule has 1 aliphatic heterocycles. The number of aliphatic hydroxyl groups is 1. The summed E-state index contributed by atoms with van der Waals surface area (Å²) in [6.07, 6.45) is -0.854. The molecule has 0 bridgehead atoms. The number of halogens is 4. The normalized spacial score (nSPS) is 23.6. The average Bonchev–Trinajstić information content (AvgIpc) is 2.99. The Labute approximate surface area is 189 Å². The molecule has 1 saturated heterocycles. The van der Waals surface area contributed by atoms with E-state index >= 15 is 0 Å². The lowest BCUT2D eigenvalue weighted by Crippen LogP contribution is -2.50. The summed E-state index contributed by atoms with van der Waals surface area (Å²) in [5.41, 5.74) is -0.958. The summed E-state index contributed by atoms with van der Waals surface area (Å²) in [6.45, 7) is 2.05. The number of methoxy groups -OCH3 is 2. The molecule has 1 amide bonds. The van der Waals surface area contributed by atoms with Crippen molar-refractivity contribution in [2.24, 2.45) is 0 Å². The number of carbonyl (C=O) groups is 1. The summed E-state index contributed by atoms with van der Waals surface area (Å²) >= 11 is 0. The molecule has 9 heteroatoms. The summed E-state index contributed by atoms with van der Waals surface area (Å²) in [5, 5.41) is 9.90. The van der Waals surface area contributed by atoms with E-state index in [1.165, 1.54) is 19.1 Å². The van der Waals surface area contributed by atoms with Crippen LogP contribution in [0.3, 0.4) is 0 Å².